The SMILES string of the molecule is Cc1cccc(CNc2cc(C(F)(F)F)nc(Cl)n2)n1. The molecule has 0 bridgehead atoms. The lowest BCUT2D eigenvalue weighted by Crippen LogP contribution is -2.11. The van der Waals surface area contributed by atoms with Gasteiger partial charge in [-0.15, -0.1) is 0 Å². The van der Waals surface area contributed by atoms with Crippen LogP contribution in [0.5, 0.6) is 0 Å². The van der Waals surface area contributed by atoms with Crippen LogP contribution in [0.15, 0.2) is 24.3 Å². The first kappa shape index (κ1) is 14.5. The lowest BCUT2D eigenvalue weighted by atomic mass is 10.3. The van der Waals surface area contributed by atoms with Gasteiger partial charge < -0.3 is 5.32 Å². The molecule has 20 heavy (non-hydrogen) atoms. The maximum atomic E-state index is 12.6. The first-order valence-electron chi connectivity index (χ1n) is 5.63. The molecular formula is C12H10ClF3N4. The van der Waals surface area contributed by atoms with Crippen molar-refractivity contribution >= 4 is 17.4 Å². The van der Waals surface area contributed by atoms with Crippen molar-refractivity contribution in [3.8, 4) is 0 Å². The molecule has 0 amide bonds. The number of aryl methyl sites for hydroxylation is 1. The maximum Gasteiger partial charge on any atom is 0.433 e. The molecule has 0 saturated carbocycles. The van der Waals surface area contributed by atoms with Gasteiger partial charge in [-0.2, -0.15) is 13.2 Å². The zero-order valence-electron chi connectivity index (χ0n) is 10.4. The monoisotopic (exact) mass is 302 g/mol. The fourth-order valence-electron chi connectivity index (χ4n) is 1.53. The van der Waals surface area contributed by atoms with E-state index in [1.807, 2.05) is 19.1 Å². The molecule has 0 atom stereocenters. The van der Waals surface area contributed by atoms with Crippen molar-refractivity contribution < 1.29 is 13.2 Å². The topological polar surface area (TPSA) is 50.7 Å². The molecule has 1 N–H and O–H groups in total. The number of halogens is 4. The summed E-state index contributed by atoms with van der Waals surface area (Å²) < 4.78 is 37.7. The van der Waals surface area contributed by atoms with Gasteiger partial charge in [0, 0.05) is 11.8 Å². The number of rotatable bonds is 3. The van der Waals surface area contributed by atoms with Crippen LogP contribution in [-0.2, 0) is 12.7 Å². The molecule has 8 heteroatoms. The van der Waals surface area contributed by atoms with Crippen LogP contribution in [0, 0.1) is 6.92 Å². The number of pyridine rings is 1. The number of alkyl halides is 3. The third-order valence-corrected chi connectivity index (χ3v) is 2.55. The van der Waals surface area contributed by atoms with Crippen LogP contribution < -0.4 is 5.32 Å². The molecule has 0 aliphatic rings. The van der Waals surface area contributed by atoms with E-state index in [2.05, 4.69) is 20.3 Å². The lowest BCUT2D eigenvalue weighted by molar-refractivity contribution is -0.141. The largest absolute Gasteiger partial charge is 0.433 e. The van der Waals surface area contributed by atoms with E-state index in [0.29, 0.717) is 5.69 Å². The second-order valence-electron chi connectivity index (χ2n) is 4.03. The quantitative estimate of drug-likeness (QED) is 0.882. The van der Waals surface area contributed by atoms with E-state index in [9.17, 15) is 13.2 Å². The van der Waals surface area contributed by atoms with Crippen molar-refractivity contribution in [3.05, 3.63) is 46.6 Å². The zero-order chi connectivity index (χ0) is 14.8. The fraction of sp³-hybridized carbons (Fsp3) is 0.250. The van der Waals surface area contributed by atoms with E-state index in [1.54, 1.807) is 6.07 Å². The molecule has 4 nitrogen and oxygen atoms in total. The Hall–Kier alpha value is -1.89. The van der Waals surface area contributed by atoms with Gasteiger partial charge in [0.15, 0.2) is 5.69 Å². The Morgan fingerprint density at radius 1 is 1.20 bits per heavy atom. The van der Waals surface area contributed by atoms with Crippen molar-refractivity contribution in [1.29, 1.82) is 0 Å². The van der Waals surface area contributed by atoms with Crippen molar-refractivity contribution in [2.45, 2.75) is 19.6 Å². The minimum absolute atomic E-state index is 0.000584. The molecule has 2 aromatic heterocycles. The summed E-state index contributed by atoms with van der Waals surface area (Å²) in [4.78, 5) is 11.1. The molecule has 106 valence electrons. The summed E-state index contributed by atoms with van der Waals surface area (Å²) in [6.07, 6.45) is -4.56. The number of anilines is 1. The predicted octanol–water partition coefficient (Wildman–Crippen LogP) is 3.46. The molecule has 0 aliphatic heterocycles. The van der Waals surface area contributed by atoms with Crippen LogP contribution in [0.2, 0.25) is 5.28 Å². The molecule has 2 heterocycles. The molecule has 0 aliphatic carbocycles. The normalized spacial score (nSPS) is 11.4. The van der Waals surface area contributed by atoms with Gasteiger partial charge in [0.2, 0.25) is 5.28 Å². The highest BCUT2D eigenvalue weighted by molar-refractivity contribution is 6.28. The minimum atomic E-state index is -4.56. The van der Waals surface area contributed by atoms with Crippen molar-refractivity contribution in [2.75, 3.05) is 5.32 Å². The molecule has 0 aromatic carbocycles. The molecule has 2 aromatic rings. The number of aromatic nitrogens is 3. The van der Waals surface area contributed by atoms with Crippen LogP contribution in [0.25, 0.3) is 0 Å². The number of nitrogens with one attached hydrogen (secondary N) is 1. The Labute approximate surface area is 118 Å². The van der Waals surface area contributed by atoms with Gasteiger partial charge in [0.05, 0.1) is 12.2 Å². The van der Waals surface area contributed by atoms with Crippen LogP contribution in [0.3, 0.4) is 0 Å². The van der Waals surface area contributed by atoms with Gasteiger partial charge in [-0.3, -0.25) is 4.98 Å². The van der Waals surface area contributed by atoms with Gasteiger partial charge in [0.25, 0.3) is 0 Å². The molecule has 0 radical (unpaired) electrons. The summed E-state index contributed by atoms with van der Waals surface area (Å²) in [5.74, 6) is 0.000584. The Kier molecular flexibility index (Phi) is 4.08. The first-order valence-corrected chi connectivity index (χ1v) is 6.00. The third kappa shape index (κ3) is 3.80. The zero-order valence-corrected chi connectivity index (χ0v) is 11.1. The second-order valence-corrected chi connectivity index (χ2v) is 4.37. The van der Waals surface area contributed by atoms with E-state index in [1.165, 1.54) is 0 Å². The van der Waals surface area contributed by atoms with Crippen molar-refractivity contribution in [3.63, 3.8) is 0 Å². The molecule has 0 spiro atoms. The van der Waals surface area contributed by atoms with E-state index < -0.39 is 17.2 Å². The smallest absolute Gasteiger partial charge is 0.364 e. The van der Waals surface area contributed by atoms with Crippen molar-refractivity contribution in [1.82, 2.24) is 15.0 Å². The summed E-state index contributed by atoms with van der Waals surface area (Å²) >= 11 is 5.49. The van der Waals surface area contributed by atoms with Crippen LogP contribution >= 0.6 is 11.6 Å². The highest BCUT2D eigenvalue weighted by Gasteiger charge is 2.33. The van der Waals surface area contributed by atoms with Gasteiger partial charge in [-0.1, -0.05) is 6.07 Å². The fourth-order valence-corrected chi connectivity index (χ4v) is 1.71. The standard InChI is InChI=1S/C12H10ClF3N4/c1-7-3-2-4-8(18-7)6-17-10-5-9(12(14,15)16)19-11(13)20-10/h2-5H,6H2,1H3,(H,17,19,20). The van der Waals surface area contributed by atoms with Crippen LogP contribution in [0.1, 0.15) is 17.1 Å². The van der Waals surface area contributed by atoms with Gasteiger partial charge >= 0.3 is 6.18 Å². The van der Waals surface area contributed by atoms with E-state index in [0.717, 1.165) is 11.8 Å². The summed E-state index contributed by atoms with van der Waals surface area (Å²) in [7, 11) is 0. The highest BCUT2D eigenvalue weighted by atomic mass is 35.5. The summed E-state index contributed by atoms with van der Waals surface area (Å²) in [6, 6.07) is 6.20. The number of nitrogens with zero attached hydrogens (tertiary/aromatic N) is 3. The van der Waals surface area contributed by atoms with E-state index in [-0.39, 0.29) is 12.4 Å². The number of hydrogen-bond acceptors (Lipinski definition) is 4. The minimum Gasteiger partial charge on any atom is -0.364 e. The average molecular weight is 303 g/mol. The lowest BCUT2D eigenvalue weighted by Gasteiger charge is -2.09. The van der Waals surface area contributed by atoms with Crippen molar-refractivity contribution in [2.24, 2.45) is 0 Å². The first-order chi connectivity index (χ1) is 9.34. The highest BCUT2D eigenvalue weighted by Crippen LogP contribution is 2.29. The molecule has 0 fully saturated rings. The average Bonchev–Trinajstić information content (AvgIpc) is 2.35. The summed E-state index contributed by atoms with van der Waals surface area (Å²) in [5, 5.41) is 2.28. The van der Waals surface area contributed by atoms with Gasteiger partial charge in [-0.25, -0.2) is 9.97 Å². The van der Waals surface area contributed by atoms with Crippen LogP contribution in [0.4, 0.5) is 19.0 Å². The predicted molar refractivity (Wildman–Crippen MR) is 68.3 cm³/mol. The van der Waals surface area contributed by atoms with Crippen LogP contribution in [-0.4, -0.2) is 15.0 Å². The molecule has 0 saturated heterocycles. The molecule has 0 unspecified atom stereocenters. The van der Waals surface area contributed by atoms with Gasteiger partial charge in [0.1, 0.15) is 5.82 Å². The maximum absolute atomic E-state index is 12.6. The molecular weight excluding hydrogens is 293 g/mol. The Balaban J connectivity index is 2.16. The summed E-state index contributed by atoms with van der Waals surface area (Å²) in [6.45, 7) is 2.07. The van der Waals surface area contributed by atoms with Gasteiger partial charge in [-0.05, 0) is 30.7 Å². The number of hydrogen-bond donors (Lipinski definition) is 1. The Morgan fingerprint density at radius 3 is 2.60 bits per heavy atom. The third-order valence-electron chi connectivity index (χ3n) is 2.39. The van der Waals surface area contributed by atoms with E-state index >= 15 is 0 Å². The Bertz CT molecular complexity index is 616. The second kappa shape index (κ2) is 5.62. The van der Waals surface area contributed by atoms with E-state index in [4.69, 9.17) is 11.6 Å². The molecule has 2 rings (SSSR count). The summed E-state index contributed by atoms with van der Waals surface area (Å²) in [5.41, 5.74) is 0.423. The Morgan fingerprint density at radius 2 is 1.95 bits per heavy atom.